The van der Waals surface area contributed by atoms with Gasteiger partial charge in [0, 0.05) is 10.0 Å². The van der Waals surface area contributed by atoms with Gasteiger partial charge in [0.05, 0.1) is 32.5 Å². The molecule has 1 aliphatic heterocycles. The first-order valence-electron chi connectivity index (χ1n) is 7.07. The predicted octanol–water partition coefficient (Wildman–Crippen LogP) is 2.39. The molecule has 10 heteroatoms. The van der Waals surface area contributed by atoms with Crippen molar-refractivity contribution >= 4 is 48.7 Å². The highest BCUT2D eigenvalue weighted by atomic mass is 79.9. The number of nitrogens with zero attached hydrogens (tertiary/aromatic N) is 2. The molecule has 0 spiro atoms. The van der Waals surface area contributed by atoms with Gasteiger partial charge in [-0.2, -0.15) is 0 Å². The number of carbonyl (C=O) groups is 1. The van der Waals surface area contributed by atoms with Gasteiger partial charge in [-0.25, -0.2) is 4.98 Å². The summed E-state index contributed by atoms with van der Waals surface area (Å²) in [5.41, 5.74) is 0.456. The lowest BCUT2D eigenvalue weighted by atomic mass is 10.2. The largest absolute Gasteiger partial charge is 0.592 e. The molecule has 1 amide bonds. The van der Waals surface area contributed by atoms with E-state index in [9.17, 15) is 13.6 Å². The van der Waals surface area contributed by atoms with Crippen LogP contribution >= 0.6 is 27.3 Å². The first-order valence-corrected chi connectivity index (χ1v) is 10.1. The molecular weight excluding hydrogens is 418 g/mol. The number of hydrogen-bond acceptors (Lipinski definition) is 6. The van der Waals surface area contributed by atoms with Gasteiger partial charge in [0.15, 0.2) is 15.5 Å². The summed E-state index contributed by atoms with van der Waals surface area (Å²) in [6.45, 7) is 1.40. The first-order chi connectivity index (χ1) is 11.5. The van der Waals surface area contributed by atoms with Crippen molar-refractivity contribution in [2.45, 2.75) is 4.21 Å². The molecule has 2 heterocycles. The highest BCUT2D eigenvalue weighted by molar-refractivity contribution is 9.10. The van der Waals surface area contributed by atoms with E-state index in [0.717, 1.165) is 15.8 Å². The second-order valence-corrected chi connectivity index (χ2v) is 9.08. The maximum atomic E-state index is 12.5. The number of halogens is 1. The maximum absolute atomic E-state index is 12.5. The number of hydrogen-bond donors (Lipinski definition) is 1. The van der Waals surface area contributed by atoms with Gasteiger partial charge in [-0.1, -0.05) is 26.2 Å². The number of thiazole rings is 1. The van der Waals surface area contributed by atoms with Crippen molar-refractivity contribution in [1.29, 1.82) is 0 Å². The topological polar surface area (TPSA) is 94.6 Å². The highest BCUT2D eigenvalue weighted by Gasteiger charge is 2.34. The molecule has 1 saturated heterocycles. The Bertz CT molecular complexity index is 792. The quantitative estimate of drug-likeness (QED) is 0.749. The monoisotopic (exact) mass is 431 g/mol. The highest BCUT2D eigenvalue weighted by Crippen LogP contribution is 2.30. The third-order valence-corrected chi connectivity index (χ3v) is 7.10. The van der Waals surface area contributed by atoms with E-state index >= 15 is 0 Å². The number of ether oxygens (including phenoxy) is 1. The van der Waals surface area contributed by atoms with Crippen LogP contribution in [0.1, 0.15) is 10.4 Å². The summed E-state index contributed by atoms with van der Waals surface area (Å²) in [7, 11) is -3.60. The third kappa shape index (κ3) is 3.90. The minimum atomic E-state index is -3.60. The van der Waals surface area contributed by atoms with Crippen molar-refractivity contribution in [3.8, 4) is 0 Å². The zero-order valence-corrected chi connectivity index (χ0v) is 15.7. The van der Waals surface area contributed by atoms with E-state index in [0.29, 0.717) is 31.9 Å². The van der Waals surface area contributed by atoms with E-state index in [2.05, 4.69) is 26.2 Å². The van der Waals surface area contributed by atoms with Gasteiger partial charge >= 0.3 is 0 Å². The van der Waals surface area contributed by atoms with Crippen LogP contribution in [0.5, 0.6) is 0 Å². The lowest BCUT2D eigenvalue weighted by molar-refractivity contribution is 0.0697. The van der Waals surface area contributed by atoms with Gasteiger partial charge in [-0.15, -0.1) is 4.31 Å². The molecular formula is C14H14BrN3O4S2. The molecule has 1 fully saturated rings. The van der Waals surface area contributed by atoms with E-state index in [-0.39, 0.29) is 15.2 Å². The molecule has 0 radical (unpaired) electrons. The third-order valence-electron chi connectivity index (χ3n) is 3.36. The molecule has 1 aliphatic rings. The van der Waals surface area contributed by atoms with Crippen LogP contribution in [0, 0.1) is 0 Å². The fourth-order valence-corrected chi connectivity index (χ4v) is 5.14. The van der Waals surface area contributed by atoms with Crippen molar-refractivity contribution in [2.24, 2.45) is 0 Å². The average Bonchev–Trinajstić information content (AvgIpc) is 3.05. The molecule has 0 aliphatic carbocycles. The van der Waals surface area contributed by atoms with Crippen molar-refractivity contribution in [2.75, 3.05) is 31.6 Å². The fraction of sp³-hybridized carbons (Fsp3) is 0.286. The number of anilines is 1. The summed E-state index contributed by atoms with van der Waals surface area (Å²) < 4.78 is 32.5. The number of amides is 1. The van der Waals surface area contributed by atoms with Gasteiger partial charge in [0.25, 0.3) is 10.1 Å². The Labute approximate surface area is 152 Å². The Hall–Kier alpha value is -1.17. The molecule has 1 atom stereocenters. The summed E-state index contributed by atoms with van der Waals surface area (Å²) in [4.78, 5) is 16.2. The minimum Gasteiger partial charge on any atom is -0.592 e. The van der Waals surface area contributed by atoms with Gasteiger partial charge in [0.1, 0.15) is 0 Å². The number of rotatable bonds is 4. The fourth-order valence-electron chi connectivity index (χ4n) is 2.15. The molecule has 0 saturated carbocycles. The Morgan fingerprint density at radius 2 is 2.17 bits per heavy atom. The molecule has 7 nitrogen and oxygen atoms in total. The molecule has 128 valence electrons. The van der Waals surface area contributed by atoms with E-state index in [4.69, 9.17) is 4.74 Å². The Morgan fingerprint density at radius 3 is 2.88 bits per heavy atom. The molecule has 1 aromatic heterocycles. The maximum Gasteiger partial charge on any atom is 0.257 e. The number of benzene rings is 1. The molecule has 1 unspecified atom stereocenters. The zero-order valence-electron chi connectivity index (χ0n) is 12.4. The Morgan fingerprint density at radius 1 is 1.42 bits per heavy atom. The van der Waals surface area contributed by atoms with Gasteiger partial charge in [-0.3, -0.25) is 10.1 Å². The normalized spacial score (nSPS) is 18.1. The summed E-state index contributed by atoms with van der Waals surface area (Å²) in [5, 5.41) is 2.86. The van der Waals surface area contributed by atoms with Crippen LogP contribution in [0.3, 0.4) is 0 Å². The van der Waals surface area contributed by atoms with Gasteiger partial charge in [0.2, 0.25) is 0 Å². The lowest BCUT2D eigenvalue weighted by Crippen LogP contribution is -2.43. The molecule has 24 heavy (non-hydrogen) atoms. The van der Waals surface area contributed by atoms with Crippen molar-refractivity contribution < 1.29 is 18.3 Å². The molecule has 1 N–H and O–H groups in total. The van der Waals surface area contributed by atoms with Crippen LogP contribution in [-0.4, -0.2) is 46.1 Å². The predicted molar refractivity (Wildman–Crippen MR) is 93.7 cm³/mol. The SMILES string of the molecule is O=C(Nc1ncc([S+](=O)([O-])N2CCOCC2)s1)c1cccc(Br)c1. The van der Waals surface area contributed by atoms with Crippen molar-refractivity contribution in [3.05, 3.63) is 40.5 Å². The van der Waals surface area contributed by atoms with Crippen LogP contribution in [0.25, 0.3) is 0 Å². The molecule has 2 aromatic rings. The van der Waals surface area contributed by atoms with Crippen LogP contribution in [0.15, 0.2) is 39.1 Å². The number of carbonyl (C=O) groups excluding carboxylic acids is 1. The summed E-state index contributed by atoms with van der Waals surface area (Å²) in [6, 6.07) is 6.90. The van der Waals surface area contributed by atoms with Crippen LogP contribution in [0.4, 0.5) is 5.13 Å². The summed E-state index contributed by atoms with van der Waals surface area (Å²) in [6.07, 6.45) is 1.27. The van der Waals surface area contributed by atoms with Crippen molar-refractivity contribution in [1.82, 2.24) is 9.29 Å². The van der Waals surface area contributed by atoms with Crippen LogP contribution < -0.4 is 5.32 Å². The first kappa shape index (κ1) is 17.6. The molecule has 3 rings (SSSR count). The smallest absolute Gasteiger partial charge is 0.257 e. The van der Waals surface area contributed by atoms with Gasteiger partial charge in [-0.05, 0) is 29.5 Å². The average molecular weight is 432 g/mol. The number of aromatic nitrogens is 1. The Balaban J connectivity index is 1.73. The number of nitrogens with one attached hydrogen (secondary N) is 1. The zero-order chi connectivity index (χ0) is 17.2. The summed E-state index contributed by atoms with van der Waals surface area (Å²) in [5.74, 6) is -0.346. The molecule has 1 aromatic carbocycles. The van der Waals surface area contributed by atoms with E-state index in [1.54, 1.807) is 18.2 Å². The second kappa shape index (κ2) is 7.38. The van der Waals surface area contributed by atoms with Crippen molar-refractivity contribution in [3.63, 3.8) is 0 Å². The van der Waals surface area contributed by atoms with E-state index in [1.165, 1.54) is 10.5 Å². The van der Waals surface area contributed by atoms with E-state index < -0.39 is 10.4 Å². The number of sulfonamides is 1. The summed E-state index contributed by atoms with van der Waals surface area (Å²) >= 11 is 4.24. The molecule has 0 bridgehead atoms. The second-order valence-electron chi connectivity index (χ2n) is 4.97. The van der Waals surface area contributed by atoms with Crippen LogP contribution in [-0.2, 0) is 19.3 Å². The van der Waals surface area contributed by atoms with Crippen LogP contribution in [0.2, 0.25) is 0 Å². The Kier molecular flexibility index (Phi) is 5.42. The van der Waals surface area contributed by atoms with Gasteiger partial charge < -0.3 is 9.29 Å². The van der Waals surface area contributed by atoms with E-state index in [1.807, 2.05) is 6.07 Å². The minimum absolute atomic E-state index is 0.106. The number of morpholine rings is 1. The standard InChI is InChI=1S/C14H14BrN3O4S2/c15-11-3-1-2-10(8-11)13(19)17-14-16-9-12(23-14)24(20,21)18-4-6-22-7-5-18/h1-3,8-9H,4-7H2,(H-,16,17,19,20,21). The lowest BCUT2D eigenvalue weighted by Gasteiger charge is -2.28.